The van der Waals surface area contributed by atoms with Gasteiger partial charge < -0.3 is 19.4 Å². The van der Waals surface area contributed by atoms with Crippen LogP contribution < -0.4 is 4.90 Å². The lowest BCUT2D eigenvalue weighted by Crippen LogP contribution is -2.47. The third-order valence-electron chi connectivity index (χ3n) is 4.12. The fourth-order valence-electron chi connectivity index (χ4n) is 2.68. The minimum absolute atomic E-state index is 0.0872. The third kappa shape index (κ3) is 3.33. The van der Waals surface area contributed by atoms with E-state index in [0.29, 0.717) is 5.56 Å². The Labute approximate surface area is 125 Å². The highest BCUT2D eigenvalue weighted by molar-refractivity contribution is 5.94. The molecular weight excluding hydrogens is 268 g/mol. The van der Waals surface area contributed by atoms with Crippen molar-refractivity contribution in [3.63, 3.8) is 0 Å². The molecule has 3 heterocycles. The SMILES string of the molecule is CN1CCN(C(=O)c2ccc(N3CCOCC3)nc2)CC1. The van der Waals surface area contributed by atoms with Crippen molar-refractivity contribution >= 4 is 11.7 Å². The summed E-state index contributed by atoms with van der Waals surface area (Å²) in [5.74, 6) is 1.01. The van der Waals surface area contributed by atoms with Crippen LogP contribution in [0.5, 0.6) is 0 Å². The number of piperazine rings is 1. The normalized spacial score (nSPS) is 20.6. The van der Waals surface area contributed by atoms with Crippen molar-refractivity contribution in [2.45, 2.75) is 0 Å². The van der Waals surface area contributed by atoms with Gasteiger partial charge in [0.25, 0.3) is 5.91 Å². The quantitative estimate of drug-likeness (QED) is 0.784. The van der Waals surface area contributed by atoms with E-state index in [-0.39, 0.29) is 5.91 Å². The van der Waals surface area contributed by atoms with E-state index in [9.17, 15) is 4.79 Å². The Morgan fingerprint density at radius 1 is 1.10 bits per heavy atom. The highest BCUT2D eigenvalue weighted by Crippen LogP contribution is 2.14. The number of rotatable bonds is 2. The Morgan fingerprint density at radius 2 is 1.81 bits per heavy atom. The van der Waals surface area contributed by atoms with Gasteiger partial charge in [0.15, 0.2) is 0 Å². The van der Waals surface area contributed by atoms with Crippen LogP contribution in [-0.4, -0.2) is 80.2 Å². The van der Waals surface area contributed by atoms with E-state index in [0.717, 1.165) is 58.3 Å². The van der Waals surface area contributed by atoms with E-state index in [1.165, 1.54) is 0 Å². The zero-order valence-corrected chi connectivity index (χ0v) is 12.5. The average Bonchev–Trinajstić information content (AvgIpc) is 2.56. The molecule has 2 aliphatic heterocycles. The molecule has 1 aromatic rings. The molecule has 0 aromatic carbocycles. The molecule has 0 bridgehead atoms. The van der Waals surface area contributed by atoms with Gasteiger partial charge in [0.2, 0.25) is 0 Å². The molecule has 0 radical (unpaired) electrons. The first kappa shape index (κ1) is 14.3. The molecular formula is C15H22N4O2. The number of likely N-dealkylation sites (N-methyl/N-ethyl adjacent to an activating group) is 1. The van der Waals surface area contributed by atoms with Gasteiger partial charge in [0.05, 0.1) is 18.8 Å². The first-order valence-electron chi connectivity index (χ1n) is 7.50. The number of anilines is 1. The second-order valence-corrected chi connectivity index (χ2v) is 5.60. The number of carbonyl (C=O) groups is 1. The summed E-state index contributed by atoms with van der Waals surface area (Å²) in [7, 11) is 2.08. The van der Waals surface area contributed by atoms with Crippen LogP contribution in [0.15, 0.2) is 18.3 Å². The summed E-state index contributed by atoms with van der Waals surface area (Å²) in [6, 6.07) is 3.83. The minimum atomic E-state index is 0.0872. The van der Waals surface area contributed by atoms with Crippen LogP contribution in [0.3, 0.4) is 0 Å². The van der Waals surface area contributed by atoms with E-state index < -0.39 is 0 Å². The van der Waals surface area contributed by atoms with Crippen LogP contribution in [0, 0.1) is 0 Å². The van der Waals surface area contributed by atoms with Gasteiger partial charge in [-0.1, -0.05) is 0 Å². The van der Waals surface area contributed by atoms with Crippen LogP contribution in [0.1, 0.15) is 10.4 Å². The second-order valence-electron chi connectivity index (χ2n) is 5.60. The number of morpholine rings is 1. The fraction of sp³-hybridized carbons (Fsp3) is 0.600. The lowest BCUT2D eigenvalue weighted by molar-refractivity contribution is 0.0663. The molecule has 6 nitrogen and oxygen atoms in total. The maximum atomic E-state index is 12.4. The van der Waals surface area contributed by atoms with Gasteiger partial charge in [-0.3, -0.25) is 4.79 Å². The van der Waals surface area contributed by atoms with Gasteiger partial charge in [0, 0.05) is 45.5 Å². The van der Waals surface area contributed by atoms with Crippen LogP contribution in [0.25, 0.3) is 0 Å². The number of amides is 1. The Kier molecular flexibility index (Phi) is 4.36. The standard InChI is InChI=1S/C15H22N4O2/c1-17-4-6-19(7-5-17)15(20)13-2-3-14(16-12-13)18-8-10-21-11-9-18/h2-3,12H,4-11H2,1H3. The van der Waals surface area contributed by atoms with Crippen molar-refractivity contribution in [1.82, 2.24) is 14.8 Å². The largest absolute Gasteiger partial charge is 0.378 e. The van der Waals surface area contributed by atoms with Gasteiger partial charge in [0.1, 0.15) is 5.82 Å². The molecule has 0 N–H and O–H groups in total. The van der Waals surface area contributed by atoms with Crippen molar-refractivity contribution in [3.8, 4) is 0 Å². The highest BCUT2D eigenvalue weighted by atomic mass is 16.5. The Balaban J connectivity index is 1.64. The van der Waals surface area contributed by atoms with E-state index in [1.807, 2.05) is 17.0 Å². The minimum Gasteiger partial charge on any atom is -0.378 e. The molecule has 0 atom stereocenters. The summed E-state index contributed by atoms with van der Waals surface area (Å²) >= 11 is 0. The lowest BCUT2D eigenvalue weighted by Gasteiger charge is -2.32. The number of nitrogens with zero attached hydrogens (tertiary/aromatic N) is 4. The molecule has 2 saturated heterocycles. The van der Waals surface area contributed by atoms with Gasteiger partial charge in [-0.05, 0) is 19.2 Å². The van der Waals surface area contributed by atoms with E-state index in [4.69, 9.17) is 4.74 Å². The van der Waals surface area contributed by atoms with Gasteiger partial charge >= 0.3 is 0 Å². The first-order chi connectivity index (χ1) is 10.2. The van der Waals surface area contributed by atoms with Gasteiger partial charge in [-0.2, -0.15) is 0 Å². The molecule has 0 unspecified atom stereocenters. The molecule has 0 saturated carbocycles. The summed E-state index contributed by atoms with van der Waals surface area (Å²) in [6.07, 6.45) is 1.70. The van der Waals surface area contributed by atoms with Crippen molar-refractivity contribution < 1.29 is 9.53 Å². The number of pyridine rings is 1. The Hall–Kier alpha value is -1.66. The van der Waals surface area contributed by atoms with Crippen molar-refractivity contribution in [1.29, 1.82) is 0 Å². The zero-order chi connectivity index (χ0) is 14.7. The molecule has 3 rings (SSSR count). The molecule has 114 valence electrons. The molecule has 0 spiro atoms. The summed E-state index contributed by atoms with van der Waals surface area (Å²) in [6.45, 7) is 6.65. The van der Waals surface area contributed by atoms with Crippen LogP contribution in [-0.2, 0) is 4.74 Å². The number of hydrogen-bond acceptors (Lipinski definition) is 5. The predicted octanol–water partition coefficient (Wildman–Crippen LogP) is 0.306. The number of hydrogen-bond donors (Lipinski definition) is 0. The molecule has 21 heavy (non-hydrogen) atoms. The molecule has 2 aliphatic rings. The summed E-state index contributed by atoms with van der Waals surface area (Å²) in [5, 5.41) is 0. The molecule has 0 aliphatic carbocycles. The predicted molar refractivity (Wildman–Crippen MR) is 80.7 cm³/mol. The molecule has 2 fully saturated rings. The highest BCUT2D eigenvalue weighted by Gasteiger charge is 2.21. The van der Waals surface area contributed by atoms with E-state index in [2.05, 4.69) is 21.8 Å². The van der Waals surface area contributed by atoms with Gasteiger partial charge in [-0.25, -0.2) is 4.98 Å². The smallest absolute Gasteiger partial charge is 0.255 e. The number of aromatic nitrogens is 1. The first-order valence-corrected chi connectivity index (χ1v) is 7.50. The lowest BCUT2D eigenvalue weighted by atomic mass is 10.2. The maximum Gasteiger partial charge on any atom is 0.255 e. The maximum absolute atomic E-state index is 12.4. The summed E-state index contributed by atoms with van der Waals surface area (Å²) in [5.41, 5.74) is 0.677. The van der Waals surface area contributed by atoms with Crippen LogP contribution >= 0.6 is 0 Å². The third-order valence-corrected chi connectivity index (χ3v) is 4.12. The van der Waals surface area contributed by atoms with E-state index >= 15 is 0 Å². The van der Waals surface area contributed by atoms with Crippen molar-refractivity contribution in [3.05, 3.63) is 23.9 Å². The van der Waals surface area contributed by atoms with E-state index in [1.54, 1.807) is 6.20 Å². The molecule has 1 amide bonds. The number of ether oxygens (including phenoxy) is 1. The Morgan fingerprint density at radius 3 is 2.43 bits per heavy atom. The molecule has 1 aromatic heterocycles. The van der Waals surface area contributed by atoms with Crippen molar-refractivity contribution in [2.75, 3.05) is 64.4 Å². The van der Waals surface area contributed by atoms with Crippen LogP contribution in [0.4, 0.5) is 5.82 Å². The second kappa shape index (κ2) is 6.41. The molecule has 6 heteroatoms. The zero-order valence-electron chi connectivity index (χ0n) is 12.5. The van der Waals surface area contributed by atoms with Crippen molar-refractivity contribution in [2.24, 2.45) is 0 Å². The number of carbonyl (C=O) groups excluding carboxylic acids is 1. The van der Waals surface area contributed by atoms with Gasteiger partial charge in [-0.15, -0.1) is 0 Å². The monoisotopic (exact) mass is 290 g/mol. The fourth-order valence-corrected chi connectivity index (χ4v) is 2.68. The summed E-state index contributed by atoms with van der Waals surface area (Å²) in [4.78, 5) is 23.2. The Bertz CT molecular complexity index is 477. The average molecular weight is 290 g/mol. The van der Waals surface area contributed by atoms with Crippen LogP contribution in [0.2, 0.25) is 0 Å². The summed E-state index contributed by atoms with van der Waals surface area (Å²) < 4.78 is 5.34. The topological polar surface area (TPSA) is 48.9 Å².